The molecule has 3 nitrogen and oxygen atoms in total. The fourth-order valence-corrected chi connectivity index (χ4v) is 0.444. The van der Waals surface area contributed by atoms with Crippen molar-refractivity contribution in [3.63, 3.8) is 0 Å². The second-order valence-corrected chi connectivity index (χ2v) is 1.45. The average molecular weight is 147 g/mol. The van der Waals surface area contributed by atoms with Gasteiger partial charge in [-0.25, -0.2) is 0 Å². The molecule has 1 aliphatic rings. The van der Waals surface area contributed by atoms with Crippen molar-refractivity contribution in [3.8, 4) is 0 Å². The van der Waals surface area contributed by atoms with Crippen molar-refractivity contribution in [3.05, 3.63) is 24.7 Å². The Kier molecular flexibility index (Phi) is 2.81. The van der Waals surface area contributed by atoms with Crippen molar-refractivity contribution in [1.29, 1.82) is 0 Å². The fourth-order valence-electron chi connectivity index (χ4n) is 0.444. The molecule has 0 bridgehead atoms. The fraction of sp³-hybridized carbons (Fsp3) is 0. The highest BCUT2D eigenvalue weighted by molar-refractivity contribution is 5.89. The van der Waals surface area contributed by atoms with Crippen molar-refractivity contribution in [1.82, 2.24) is 10.6 Å². The van der Waals surface area contributed by atoms with Crippen LogP contribution in [0.4, 0.5) is 0 Å². The van der Waals surface area contributed by atoms with Crippen LogP contribution in [0, 0.1) is 0 Å². The summed E-state index contributed by atoms with van der Waals surface area (Å²) in [7, 11) is 0. The Morgan fingerprint density at radius 2 is 2.22 bits per heavy atom. The van der Waals surface area contributed by atoms with E-state index in [1.807, 2.05) is 0 Å². The minimum Gasteiger partial charge on any atom is -0.348 e. The third-order valence-corrected chi connectivity index (χ3v) is 0.766. The van der Waals surface area contributed by atoms with Crippen LogP contribution in [0.3, 0.4) is 0 Å². The summed E-state index contributed by atoms with van der Waals surface area (Å²) in [5, 5.41) is 5.15. The second kappa shape index (κ2) is 3.14. The Hall–Kier alpha value is -0.960. The highest BCUT2D eigenvalue weighted by Gasteiger charge is 1.99. The van der Waals surface area contributed by atoms with Gasteiger partial charge in [0.2, 0.25) is 0 Å². The van der Waals surface area contributed by atoms with Gasteiger partial charge in [-0.3, -0.25) is 4.79 Å². The SMILES string of the molecule is C=C1NC=CC(=O)N1.Cl. The monoisotopic (exact) mass is 146 g/mol. The molecule has 0 spiro atoms. The first-order chi connectivity index (χ1) is 3.79. The van der Waals surface area contributed by atoms with Gasteiger partial charge in [0.25, 0.3) is 5.91 Å². The van der Waals surface area contributed by atoms with Gasteiger partial charge in [0.1, 0.15) is 5.82 Å². The Labute approximate surface area is 59.2 Å². The molecule has 1 amide bonds. The Bertz CT molecular complexity index is 164. The molecule has 1 rings (SSSR count). The van der Waals surface area contributed by atoms with Gasteiger partial charge in [-0.1, -0.05) is 6.58 Å². The molecule has 0 aliphatic carbocycles. The molecule has 0 aromatic carbocycles. The van der Waals surface area contributed by atoms with Gasteiger partial charge in [0, 0.05) is 12.3 Å². The maximum atomic E-state index is 10.4. The van der Waals surface area contributed by atoms with Gasteiger partial charge in [-0.05, 0) is 0 Å². The Balaban J connectivity index is 0.000000640. The van der Waals surface area contributed by atoms with Crippen LogP contribution >= 0.6 is 12.4 Å². The van der Waals surface area contributed by atoms with E-state index in [0.717, 1.165) is 0 Å². The van der Waals surface area contributed by atoms with Crippen LogP contribution in [-0.2, 0) is 4.79 Å². The van der Waals surface area contributed by atoms with Crippen LogP contribution in [0.2, 0.25) is 0 Å². The van der Waals surface area contributed by atoms with Crippen LogP contribution in [0.15, 0.2) is 24.7 Å². The van der Waals surface area contributed by atoms with Crippen LogP contribution < -0.4 is 10.6 Å². The molecule has 0 unspecified atom stereocenters. The van der Waals surface area contributed by atoms with E-state index in [1.165, 1.54) is 6.08 Å². The number of carbonyl (C=O) groups excluding carboxylic acids is 1. The molecule has 1 aliphatic heterocycles. The van der Waals surface area contributed by atoms with E-state index in [-0.39, 0.29) is 18.3 Å². The molecule has 0 aromatic rings. The number of halogens is 1. The quantitative estimate of drug-likeness (QED) is 0.510. The lowest BCUT2D eigenvalue weighted by Gasteiger charge is -2.08. The maximum absolute atomic E-state index is 10.4. The molecule has 4 heteroatoms. The second-order valence-electron chi connectivity index (χ2n) is 1.45. The van der Waals surface area contributed by atoms with E-state index >= 15 is 0 Å². The standard InChI is InChI=1S/C5H6N2O.ClH/c1-4-6-3-2-5(8)7-4;/h2-3,6H,1H2,(H,7,8);1H. The molecule has 0 fully saturated rings. The minimum absolute atomic E-state index is 0. The van der Waals surface area contributed by atoms with E-state index in [4.69, 9.17) is 0 Å². The largest absolute Gasteiger partial charge is 0.348 e. The van der Waals surface area contributed by atoms with Crippen molar-refractivity contribution < 1.29 is 4.79 Å². The molecule has 0 aromatic heterocycles. The zero-order chi connectivity index (χ0) is 5.98. The normalized spacial score (nSPS) is 15.6. The van der Waals surface area contributed by atoms with Gasteiger partial charge >= 0.3 is 0 Å². The lowest BCUT2D eigenvalue weighted by atomic mass is 10.5. The molecule has 1 heterocycles. The number of carbonyl (C=O) groups is 1. The average Bonchev–Trinajstić information content (AvgIpc) is 1.64. The first kappa shape index (κ1) is 8.04. The van der Waals surface area contributed by atoms with E-state index in [1.54, 1.807) is 6.20 Å². The molecule has 0 saturated carbocycles. The smallest absolute Gasteiger partial charge is 0.250 e. The number of nitrogens with one attached hydrogen (secondary N) is 2. The van der Waals surface area contributed by atoms with Gasteiger partial charge in [0.05, 0.1) is 0 Å². The summed E-state index contributed by atoms with van der Waals surface area (Å²) in [5.74, 6) is 0.395. The predicted molar refractivity (Wildman–Crippen MR) is 36.8 cm³/mol. The zero-order valence-corrected chi connectivity index (χ0v) is 5.49. The van der Waals surface area contributed by atoms with E-state index in [9.17, 15) is 4.79 Å². The topological polar surface area (TPSA) is 41.1 Å². The van der Waals surface area contributed by atoms with Crippen LogP contribution in [0.1, 0.15) is 0 Å². The molecular formula is C5H7ClN2O. The first-order valence-corrected chi connectivity index (χ1v) is 2.22. The lowest BCUT2D eigenvalue weighted by Crippen LogP contribution is -2.30. The third kappa shape index (κ3) is 2.19. The van der Waals surface area contributed by atoms with Crippen molar-refractivity contribution >= 4 is 18.3 Å². The van der Waals surface area contributed by atoms with Crippen molar-refractivity contribution in [2.45, 2.75) is 0 Å². The van der Waals surface area contributed by atoms with Gasteiger partial charge in [0.15, 0.2) is 0 Å². The van der Waals surface area contributed by atoms with Crippen molar-refractivity contribution in [2.75, 3.05) is 0 Å². The summed E-state index contributed by atoms with van der Waals surface area (Å²) in [6.45, 7) is 3.47. The predicted octanol–water partition coefficient (Wildman–Crippen LogP) is 0.112. The Morgan fingerprint density at radius 3 is 2.56 bits per heavy atom. The summed E-state index contributed by atoms with van der Waals surface area (Å²) in [5.41, 5.74) is 0. The maximum Gasteiger partial charge on any atom is 0.250 e. The molecule has 0 radical (unpaired) electrons. The Morgan fingerprint density at radius 1 is 1.56 bits per heavy atom. The lowest BCUT2D eigenvalue weighted by molar-refractivity contribution is -0.116. The zero-order valence-electron chi connectivity index (χ0n) is 4.68. The highest BCUT2D eigenvalue weighted by Crippen LogP contribution is 1.84. The first-order valence-electron chi connectivity index (χ1n) is 2.22. The van der Waals surface area contributed by atoms with Gasteiger partial charge < -0.3 is 10.6 Å². The molecule has 0 saturated heterocycles. The minimum atomic E-state index is -0.131. The number of hydrogen-bond acceptors (Lipinski definition) is 2. The summed E-state index contributed by atoms with van der Waals surface area (Å²) in [6, 6.07) is 0. The van der Waals surface area contributed by atoms with E-state index < -0.39 is 0 Å². The van der Waals surface area contributed by atoms with E-state index in [2.05, 4.69) is 17.2 Å². The highest BCUT2D eigenvalue weighted by atomic mass is 35.5. The number of hydrogen-bond donors (Lipinski definition) is 2. The number of amides is 1. The molecule has 2 N–H and O–H groups in total. The van der Waals surface area contributed by atoms with Crippen LogP contribution in [-0.4, -0.2) is 5.91 Å². The van der Waals surface area contributed by atoms with Gasteiger partial charge in [-0.2, -0.15) is 0 Å². The molecular weight excluding hydrogens is 140 g/mol. The summed E-state index contributed by atoms with van der Waals surface area (Å²) >= 11 is 0. The summed E-state index contributed by atoms with van der Waals surface area (Å²) < 4.78 is 0. The van der Waals surface area contributed by atoms with E-state index in [0.29, 0.717) is 5.82 Å². The van der Waals surface area contributed by atoms with Crippen LogP contribution in [0.25, 0.3) is 0 Å². The van der Waals surface area contributed by atoms with Crippen LogP contribution in [0.5, 0.6) is 0 Å². The number of rotatable bonds is 0. The molecule has 0 atom stereocenters. The van der Waals surface area contributed by atoms with Crippen molar-refractivity contribution in [2.24, 2.45) is 0 Å². The molecule has 50 valence electrons. The summed E-state index contributed by atoms with van der Waals surface area (Å²) in [4.78, 5) is 10.4. The van der Waals surface area contributed by atoms with Gasteiger partial charge in [-0.15, -0.1) is 12.4 Å². The molecule has 9 heavy (non-hydrogen) atoms. The third-order valence-electron chi connectivity index (χ3n) is 0.766. The summed E-state index contributed by atoms with van der Waals surface area (Å²) in [6.07, 6.45) is 2.94.